The van der Waals surface area contributed by atoms with E-state index in [1.165, 1.54) is 17.4 Å². The molecule has 1 amide bonds. The number of aromatic nitrogens is 2. The largest absolute Gasteiger partial charge is 0.372 e. The number of amides is 1. The summed E-state index contributed by atoms with van der Waals surface area (Å²) in [6, 6.07) is 9.41. The maximum Gasteiger partial charge on any atom is 0.331 e. The number of hydrogen-bond acceptors (Lipinski definition) is 5. The molecule has 0 saturated carbocycles. The molecule has 2 aliphatic heterocycles. The standard InChI is InChI=1S/C20H21N5O3/c21-12-16-17-4-3-11-24(17)20(28)25(19(16)27)13-18(26)22-14-5-7-15(8-6-14)23-9-1-2-10-23/h5-8H,1-4,9-11,13H2,(H,22,26). The van der Waals surface area contributed by atoms with E-state index in [9.17, 15) is 19.6 Å². The first kappa shape index (κ1) is 18.0. The number of rotatable bonds is 4. The fraction of sp³-hybridized carbons (Fsp3) is 0.400. The normalized spacial score (nSPS) is 15.3. The summed E-state index contributed by atoms with van der Waals surface area (Å²) in [5.41, 5.74) is 0.924. The van der Waals surface area contributed by atoms with Crippen LogP contribution in [-0.2, 0) is 24.3 Å². The molecule has 0 spiro atoms. The van der Waals surface area contributed by atoms with Crippen LogP contribution in [0.3, 0.4) is 0 Å². The third-order valence-electron chi connectivity index (χ3n) is 5.37. The summed E-state index contributed by atoms with van der Waals surface area (Å²) >= 11 is 0. The highest BCUT2D eigenvalue weighted by atomic mass is 16.2. The van der Waals surface area contributed by atoms with Crippen LogP contribution in [0.25, 0.3) is 0 Å². The minimum atomic E-state index is -0.694. The molecule has 0 aliphatic carbocycles. The Morgan fingerprint density at radius 2 is 1.79 bits per heavy atom. The quantitative estimate of drug-likeness (QED) is 0.856. The molecular weight excluding hydrogens is 358 g/mol. The lowest BCUT2D eigenvalue weighted by Gasteiger charge is -2.18. The predicted molar refractivity (Wildman–Crippen MR) is 105 cm³/mol. The van der Waals surface area contributed by atoms with Gasteiger partial charge in [-0.15, -0.1) is 0 Å². The van der Waals surface area contributed by atoms with Crippen molar-refractivity contribution >= 4 is 17.3 Å². The lowest BCUT2D eigenvalue weighted by molar-refractivity contribution is -0.116. The topological polar surface area (TPSA) is 100 Å². The number of nitrogens with one attached hydrogen (secondary N) is 1. The molecule has 1 aromatic carbocycles. The number of anilines is 2. The molecule has 28 heavy (non-hydrogen) atoms. The number of carbonyl (C=O) groups is 1. The van der Waals surface area contributed by atoms with Crippen molar-refractivity contribution in [3.63, 3.8) is 0 Å². The first-order valence-electron chi connectivity index (χ1n) is 9.50. The van der Waals surface area contributed by atoms with E-state index in [4.69, 9.17) is 0 Å². The highest BCUT2D eigenvalue weighted by Gasteiger charge is 2.23. The Morgan fingerprint density at radius 3 is 2.46 bits per heavy atom. The van der Waals surface area contributed by atoms with E-state index >= 15 is 0 Å². The maximum absolute atomic E-state index is 12.6. The zero-order valence-electron chi connectivity index (χ0n) is 15.5. The number of nitrogens with zero attached hydrogens (tertiary/aromatic N) is 4. The molecule has 0 atom stereocenters. The third kappa shape index (κ3) is 3.20. The first-order valence-corrected chi connectivity index (χ1v) is 9.50. The van der Waals surface area contributed by atoms with Gasteiger partial charge < -0.3 is 10.2 Å². The third-order valence-corrected chi connectivity index (χ3v) is 5.37. The van der Waals surface area contributed by atoms with Crippen LogP contribution in [0.1, 0.15) is 30.5 Å². The summed E-state index contributed by atoms with van der Waals surface area (Å²) in [6.45, 7) is 2.12. The van der Waals surface area contributed by atoms with Gasteiger partial charge in [0.1, 0.15) is 18.2 Å². The molecule has 2 aromatic rings. The Kier molecular flexibility index (Phi) is 4.74. The average Bonchev–Trinajstić information content (AvgIpc) is 3.38. The van der Waals surface area contributed by atoms with Gasteiger partial charge in [0, 0.05) is 36.7 Å². The van der Waals surface area contributed by atoms with Gasteiger partial charge in [-0.05, 0) is 49.9 Å². The van der Waals surface area contributed by atoms with E-state index in [0.29, 0.717) is 30.8 Å². The molecule has 144 valence electrons. The van der Waals surface area contributed by atoms with E-state index in [2.05, 4.69) is 10.2 Å². The second kappa shape index (κ2) is 7.35. The summed E-state index contributed by atoms with van der Waals surface area (Å²) in [7, 11) is 0. The monoisotopic (exact) mass is 379 g/mol. The Labute approximate surface area is 161 Å². The zero-order chi connectivity index (χ0) is 19.7. The minimum Gasteiger partial charge on any atom is -0.372 e. The van der Waals surface area contributed by atoms with Crippen LogP contribution >= 0.6 is 0 Å². The van der Waals surface area contributed by atoms with Crippen LogP contribution in [0, 0.1) is 11.3 Å². The highest BCUT2D eigenvalue weighted by molar-refractivity contribution is 5.90. The van der Waals surface area contributed by atoms with Crippen LogP contribution in [0.15, 0.2) is 33.9 Å². The Balaban J connectivity index is 1.52. The molecule has 8 nitrogen and oxygen atoms in total. The second-order valence-corrected chi connectivity index (χ2v) is 7.15. The second-order valence-electron chi connectivity index (χ2n) is 7.15. The zero-order valence-corrected chi connectivity index (χ0v) is 15.5. The number of nitriles is 1. The smallest absolute Gasteiger partial charge is 0.331 e. The molecule has 8 heteroatoms. The van der Waals surface area contributed by atoms with Gasteiger partial charge in [0.2, 0.25) is 5.91 Å². The number of hydrogen-bond donors (Lipinski definition) is 1. The van der Waals surface area contributed by atoms with Crippen molar-refractivity contribution in [2.45, 2.75) is 38.8 Å². The van der Waals surface area contributed by atoms with Crippen molar-refractivity contribution < 1.29 is 4.79 Å². The summed E-state index contributed by atoms with van der Waals surface area (Å²) < 4.78 is 2.28. The van der Waals surface area contributed by atoms with Gasteiger partial charge in [0.05, 0.1) is 0 Å². The van der Waals surface area contributed by atoms with E-state index in [1.807, 2.05) is 30.3 Å². The molecule has 0 bridgehead atoms. The number of carbonyl (C=O) groups excluding carboxylic acids is 1. The Morgan fingerprint density at radius 1 is 1.07 bits per heavy atom. The molecule has 1 aromatic heterocycles. The Hall–Kier alpha value is -3.34. The molecule has 3 heterocycles. The molecule has 4 rings (SSSR count). The fourth-order valence-electron chi connectivity index (χ4n) is 3.96. The minimum absolute atomic E-state index is 0.0418. The molecule has 1 saturated heterocycles. The van der Waals surface area contributed by atoms with Gasteiger partial charge in [0.25, 0.3) is 5.56 Å². The molecule has 2 aliphatic rings. The van der Waals surface area contributed by atoms with Crippen LogP contribution in [-0.4, -0.2) is 28.1 Å². The van der Waals surface area contributed by atoms with Gasteiger partial charge in [-0.3, -0.25) is 14.2 Å². The van der Waals surface area contributed by atoms with Crippen molar-refractivity contribution in [1.29, 1.82) is 5.26 Å². The number of fused-ring (bicyclic) bond motifs is 1. The van der Waals surface area contributed by atoms with Gasteiger partial charge in [-0.25, -0.2) is 9.36 Å². The highest BCUT2D eigenvalue weighted by Crippen LogP contribution is 2.22. The number of benzene rings is 1. The van der Waals surface area contributed by atoms with Crippen molar-refractivity contribution in [1.82, 2.24) is 9.13 Å². The Bertz CT molecular complexity index is 1070. The summed E-state index contributed by atoms with van der Waals surface area (Å²) in [6.07, 6.45) is 3.62. The van der Waals surface area contributed by atoms with Gasteiger partial charge in [0.15, 0.2) is 0 Å². The van der Waals surface area contributed by atoms with Crippen LogP contribution in [0.5, 0.6) is 0 Å². The lowest BCUT2D eigenvalue weighted by Crippen LogP contribution is -2.44. The van der Waals surface area contributed by atoms with Crippen LogP contribution in [0.4, 0.5) is 11.4 Å². The molecular formula is C20H21N5O3. The molecule has 0 unspecified atom stereocenters. The molecule has 1 fully saturated rings. The van der Waals surface area contributed by atoms with E-state index in [0.717, 1.165) is 23.3 Å². The van der Waals surface area contributed by atoms with Crippen molar-refractivity contribution in [2.24, 2.45) is 0 Å². The van der Waals surface area contributed by atoms with Crippen LogP contribution in [0.2, 0.25) is 0 Å². The average molecular weight is 379 g/mol. The fourth-order valence-corrected chi connectivity index (χ4v) is 3.96. The SMILES string of the molecule is N#Cc1c2n(c(=O)n(CC(=O)Nc3ccc(N4CCCC4)cc3)c1=O)CCC2. The molecule has 0 radical (unpaired) electrons. The summed E-state index contributed by atoms with van der Waals surface area (Å²) in [5.74, 6) is -0.476. The van der Waals surface area contributed by atoms with Crippen molar-refractivity contribution in [3.8, 4) is 6.07 Å². The van der Waals surface area contributed by atoms with Crippen molar-refractivity contribution in [2.75, 3.05) is 23.3 Å². The summed E-state index contributed by atoms with van der Waals surface area (Å²) in [4.78, 5) is 39.8. The summed E-state index contributed by atoms with van der Waals surface area (Å²) in [5, 5.41) is 12.0. The lowest BCUT2D eigenvalue weighted by atomic mass is 10.2. The van der Waals surface area contributed by atoms with E-state index < -0.39 is 23.7 Å². The maximum atomic E-state index is 12.6. The van der Waals surface area contributed by atoms with Crippen molar-refractivity contribution in [3.05, 3.63) is 56.4 Å². The van der Waals surface area contributed by atoms with E-state index in [-0.39, 0.29) is 5.56 Å². The van der Waals surface area contributed by atoms with Gasteiger partial charge in [-0.1, -0.05) is 0 Å². The van der Waals surface area contributed by atoms with E-state index in [1.54, 1.807) is 0 Å². The van der Waals surface area contributed by atoms with Gasteiger partial charge in [-0.2, -0.15) is 5.26 Å². The first-order chi connectivity index (χ1) is 13.6. The molecule has 1 N–H and O–H groups in total. The van der Waals surface area contributed by atoms with Crippen LogP contribution < -0.4 is 21.5 Å². The van der Waals surface area contributed by atoms with Gasteiger partial charge >= 0.3 is 5.69 Å². The predicted octanol–water partition coefficient (Wildman–Crippen LogP) is 1.07.